The lowest BCUT2D eigenvalue weighted by atomic mass is 10.1. The van der Waals surface area contributed by atoms with Crippen molar-refractivity contribution in [3.8, 4) is 0 Å². The smallest absolute Gasteiger partial charge is 0.326 e. The van der Waals surface area contributed by atoms with E-state index in [2.05, 4.69) is 15.3 Å². The Morgan fingerprint density at radius 2 is 1.92 bits per heavy atom. The quantitative estimate of drug-likeness (QED) is 0.231. The van der Waals surface area contributed by atoms with E-state index in [0.29, 0.717) is 18.7 Å². The maximum atomic E-state index is 10.8. The summed E-state index contributed by atoms with van der Waals surface area (Å²) in [7, 11) is 0. The topological polar surface area (TPSA) is 205 Å². The molecule has 0 spiro atoms. The fourth-order valence-electron chi connectivity index (χ4n) is 1.69. The van der Waals surface area contributed by atoms with Crippen LogP contribution in [0.1, 0.15) is 25.0 Å². The molecule has 1 amide bonds. The molecule has 0 radical (unpaired) electrons. The molecular formula is C14H25N5O6. The zero-order valence-corrected chi connectivity index (χ0v) is 13.7. The third-order valence-electron chi connectivity index (χ3n) is 3.04. The number of aliphatic carboxylic acids is 2. The molecule has 0 aliphatic heterocycles. The van der Waals surface area contributed by atoms with E-state index in [-0.39, 0.29) is 6.42 Å². The number of hydrogen-bond acceptors (Lipinski definition) is 7. The van der Waals surface area contributed by atoms with Crippen molar-refractivity contribution in [3.63, 3.8) is 0 Å². The number of carbonyl (C=O) groups excluding carboxylic acids is 1. The van der Waals surface area contributed by atoms with E-state index in [1.165, 1.54) is 12.5 Å². The number of nitrogens with zero attached hydrogens (tertiary/aromatic N) is 1. The summed E-state index contributed by atoms with van der Waals surface area (Å²) in [5.74, 6) is -2.81. The molecule has 0 aromatic carbocycles. The third kappa shape index (κ3) is 10.8. The van der Waals surface area contributed by atoms with Gasteiger partial charge in [-0.05, 0) is 19.4 Å². The first-order valence-corrected chi connectivity index (χ1v) is 7.60. The number of H-pyrrole nitrogens is 1. The molecule has 0 saturated heterocycles. The van der Waals surface area contributed by atoms with Gasteiger partial charge >= 0.3 is 11.9 Å². The van der Waals surface area contributed by atoms with Crippen LogP contribution in [-0.2, 0) is 20.8 Å². The Bertz CT molecular complexity index is 522. The second-order valence-electron chi connectivity index (χ2n) is 5.13. The molecule has 1 rings (SSSR count). The first kappa shape index (κ1) is 22.5. The highest BCUT2D eigenvalue weighted by Crippen LogP contribution is 1.98. The number of rotatable bonds is 10. The van der Waals surface area contributed by atoms with Gasteiger partial charge in [-0.15, -0.1) is 0 Å². The monoisotopic (exact) mass is 359 g/mol. The van der Waals surface area contributed by atoms with Crippen LogP contribution in [0.15, 0.2) is 12.5 Å². The number of amides is 1. The molecule has 0 aliphatic rings. The Balaban J connectivity index is 0.000000504. The minimum absolute atomic E-state index is 0.0983. The number of nitrogens with two attached hydrogens (primary N) is 2. The third-order valence-corrected chi connectivity index (χ3v) is 3.04. The lowest BCUT2D eigenvalue weighted by molar-refractivity contribution is -0.142. The molecular weight excluding hydrogens is 334 g/mol. The van der Waals surface area contributed by atoms with Gasteiger partial charge in [-0.25, -0.2) is 9.78 Å². The zero-order chi connectivity index (χ0) is 19.2. The fourth-order valence-corrected chi connectivity index (χ4v) is 1.69. The maximum absolute atomic E-state index is 10.8. The van der Waals surface area contributed by atoms with Gasteiger partial charge in [0, 0.05) is 18.3 Å². The Kier molecular flexibility index (Phi) is 11.6. The van der Waals surface area contributed by atoms with Crippen LogP contribution in [0.3, 0.4) is 0 Å². The van der Waals surface area contributed by atoms with Gasteiger partial charge in [-0.1, -0.05) is 6.42 Å². The predicted molar refractivity (Wildman–Crippen MR) is 87.5 cm³/mol. The van der Waals surface area contributed by atoms with Gasteiger partial charge in [0.1, 0.15) is 18.7 Å². The van der Waals surface area contributed by atoms with Gasteiger partial charge < -0.3 is 37.1 Å². The SMILES string of the molecule is NCCCCC(N)C(=O)O.O=C(CO)NC(Cc1cnc[nH]1)C(=O)O. The van der Waals surface area contributed by atoms with Crippen LogP contribution in [0.5, 0.6) is 0 Å². The molecule has 1 aromatic rings. The van der Waals surface area contributed by atoms with Crippen LogP contribution in [0.2, 0.25) is 0 Å². The van der Waals surface area contributed by atoms with Gasteiger partial charge in [0.2, 0.25) is 5.91 Å². The van der Waals surface area contributed by atoms with Crippen LogP contribution in [-0.4, -0.2) is 68.4 Å². The van der Waals surface area contributed by atoms with Gasteiger partial charge in [-0.3, -0.25) is 9.59 Å². The number of aromatic nitrogens is 2. The molecule has 0 aliphatic carbocycles. The number of aliphatic hydroxyl groups is 1. The van der Waals surface area contributed by atoms with Crippen molar-refractivity contribution in [1.29, 1.82) is 0 Å². The second kappa shape index (κ2) is 12.9. The van der Waals surface area contributed by atoms with E-state index in [1.54, 1.807) is 0 Å². The van der Waals surface area contributed by atoms with Gasteiger partial charge in [0.25, 0.3) is 0 Å². The Labute approximate surface area is 144 Å². The van der Waals surface area contributed by atoms with E-state index in [4.69, 9.17) is 26.8 Å². The predicted octanol–water partition coefficient (Wildman–Crippen LogP) is -1.96. The van der Waals surface area contributed by atoms with Crippen LogP contribution >= 0.6 is 0 Å². The van der Waals surface area contributed by atoms with Crippen LogP contribution < -0.4 is 16.8 Å². The molecule has 0 bridgehead atoms. The number of carbonyl (C=O) groups is 3. The Morgan fingerprint density at radius 3 is 2.36 bits per heavy atom. The Morgan fingerprint density at radius 1 is 1.24 bits per heavy atom. The van der Waals surface area contributed by atoms with E-state index in [0.717, 1.165) is 12.8 Å². The van der Waals surface area contributed by atoms with E-state index < -0.39 is 36.5 Å². The molecule has 11 heteroatoms. The van der Waals surface area contributed by atoms with Crippen molar-refractivity contribution in [1.82, 2.24) is 15.3 Å². The number of carboxylic acid groups (broad SMARTS) is 2. The summed E-state index contributed by atoms with van der Waals surface area (Å²) in [5, 5.41) is 27.7. The van der Waals surface area contributed by atoms with Crippen molar-refractivity contribution in [3.05, 3.63) is 18.2 Å². The zero-order valence-electron chi connectivity index (χ0n) is 13.7. The molecule has 1 aromatic heterocycles. The highest BCUT2D eigenvalue weighted by molar-refractivity contribution is 5.84. The normalized spacial score (nSPS) is 12.4. The molecule has 2 unspecified atom stereocenters. The number of hydrogen-bond donors (Lipinski definition) is 7. The van der Waals surface area contributed by atoms with E-state index >= 15 is 0 Å². The lowest BCUT2D eigenvalue weighted by Gasteiger charge is -2.12. The highest BCUT2D eigenvalue weighted by atomic mass is 16.4. The number of aliphatic hydroxyl groups excluding tert-OH is 1. The summed E-state index contributed by atoms with van der Waals surface area (Å²) in [6.07, 6.45) is 5.15. The average Bonchev–Trinajstić information content (AvgIpc) is 3.07. The average molecular weight is 359 g/mol. The summed E-state index contributed by atoms with van der Waals surface area (Å²) in [6, 6.07) is -1.78. The molecule has 9 N–H and O–H groups in total. The summed E-state index contributed by atoms with van der Waals surface area (Å²) in [5.41, 5.74) is 11.0. The van der Waals surface area contributed by atoms with Crippen molar-refractivity contribution >= 4 is 17.8 Å². The minimum Gasteiger partial charge on any atom is -0.480 e. The van der Waals surface area contributed by atoms with E-state index in [1.807, 2.05) is 0 Å². The first-order valence-electron chi connectivity index (χ1n) is 7.60. The molecule has 142 valence electrons. The van der Waals surface area contributed by atoms with Crippen LogP contribution in [0.25, 0.3) is 0 Å². The van der Waals surface area contributed by atoms with Crippen molar-refractivity contribution in [2.45, 2.75) is 37.8 Å². The summed E-state index contributed by atoms with van der Waals surface area (Å²) >= 11 is 0. The maximum Gasteiger partial charge on any atom is 0.326 e. The van der Waals surface area contributed by atoms with Crippen LogP contribution in [0, 0.1) is 0 Å². The molecule has 0 saturated carbocycles. The number of carboxylic acids is 2. The molecule has 11 nitrogen and oxygen atoms in total. The second-order valence-corrected chi connectivity index (χ2v) is 5.13. The lowest BCUT2D eigenvalue weighted by Crippen LogP contribution is -2.43. The molecule has 25 heavy (non-hydrogen) atoms. The van der Waals surface area contributed by atoms with Crippen molar-refractivity contribution < 1.29 is 29.7 Å². The standard InChI is InChI=1S/C8H11N3O4.C6H14N2O2/c12-3-7(13)11-6(8(14)15)1-5-2-9-4-10-5;7-4-2-1-3-5(8)6(9)10/h2,4,6,12H,1,3H2,(H,9,10)(H,11,13)(H,14,15);5H,1-4,7-8H2,(H,9,10). The number of imidazole rings is 1. The van der Waals surface area contributed by atoms with Gasteiger partial charge in [0.15, 0.2) is 0 Å². The minimum atomic E-state index is -1.16. The highest BCUT2D eigenvalue weighted by Gasteiger charge is 2.20. The number of nitrogens with one attached hydrogen (secondary N) is 2. The number of aromatic amines is 1. The molecule has 2 atom stereocenters. The van der Waals surface area contributed by atoms with Gasteiger partial charge in [0.05, 0.1) is 6.33 Å². The first-order chi connectivity index (χ1) is 11.8. The van der Waals surface area contributed by atoms with Crippen molar-refractivity contribution in [2.24, 2.45) is 11.5 Å². The largest absolute Gasteiger partial charge is 0.480 e. The number of unbranched alkanes of at least 4 members (excludes halogenated alkanes) is 1. The summed E-state index contributed by atoms with van der Waals surface area (Å²) < 4.78 is 0. The molecule has 1 heterocycles. The fraction of sp³-hybridized carbons (Fsp3) is 0.571. The Hall–Kier alpha value is -2.50. The van der Waals surface area contributed by atoms with E-state index in [9.17, 15) is 14.4 Å². The van der Waals surface area contributed by atoms with Gasteiger partial charge in [-0.2, -0.15) is 0 Å². The molecule has 0 fully saturated rings. The van der Waals surface area contributed by atoms with Crippen molar-refractivity contribution in [2.75, 3.05) is 13.2 Å². The van der Waals surface area contributed by atoms with Crippen LogP contribution in [0.4, 0.5) is 0 Å². The summed E-state index contributed by atoms with van der Waals surface area (Å²) in [6.45, 7) is -0.126. The summed E-state index contributed by atoms with van der Waals surface area (Å²) in [4.78, 5) is 38.1.